The molecule has 10 aromatic carbocycles. The summed E-state index contributed by atoms with van der Waals surface area (Å²) in [6, 6.07) is 83.4. The van der Waals surface area contributed by atoms with Crippen molar-refractivity contribution in [2.45, 2.75) is 306 Å². The molecule has 1 aromatic heterocycles. The number of ether oxygens (including phenoxy) is 3. The van der Waals surface area contributed by atoms with Gasteiger partial charge in [-0.25, -0.2) is 13.8 Å². The number of hydrogen-bond acceptors (Lipinski definition) is 15. The lowest BCUT2D eigenvalue weighted by Crippen LogP contribution is -2.46. The second-order valence-corrected chi connectivity index (χ2v) is 49.8. The highest BCUT2D eigenvalue weighted by Gasteiger charge is 2.30. The Morgan fingerprint density at radius 1 is 0.327 bits per heavy atom. The number of benzene rings is 10. The summed E-state index contributed by atoms with van der Waals surface area (Å²) in [6.45, 7) is 50.5. The Hall–Kier alpha value is -9.02. The van der Waals surface area contributed by atoms with Gasteiger partial charge in [-0.05, 0) is 260 Å². The largest absolute Gasteiger partial charge is 0.412 e. The zero-order valence-corrected chi connectivity index (χ0v) is 96.6. The van der Waals surface area contributed by atoms with Crippen LogP contribution in [0.2, 0.25) is 0 Å². The van der Waals surface area contributed by atoms with Gasteiger partial charge in [-0.1, -0.05) is 289 Å². The summed E-state index contributed by atoms with van der Waals surface area (Å²) >= 11 is 9.89. The van der Waals surface area contributed by atoms with Crippen LogP contribution in [0.3, 0.4) is 0 Å². The number of morpholine rings is 3. The van der Waals surface area contributed by atoms with Crippen LogP contribution in [0.1, 0.15) is 248 Å². The fourth-order valence-corrected chi connectivity index (χ4v) is 21.6. The summed E-state index contributed by atoms with van der Waals surface area (Å²) < 4.78 is 47.5. The van der Waals surface area contributed by atoms with Crippen LogP contribution < -0.4 is 19.6 Å². The molecule has 15 rings (SSSR count). The molecule has 150 heavy (non-hydrogen) atoms. The van der Waals surface area contributed by atoms with Gasteiger partial charge in [0.25, 0.3) is 0 Å². The summed E-state index contributed by atoms with van der Waals surface area (Å²) in [4.78, 5) is 37.5. The smallest absolute Gasteiger partial charge is 0.193 e. The van der Waals surface area contributed by atoms with Crippen LogP contribution in [0.5, 0.6) is 0 Å². The summed E-state index contributed by atoms with van der Waals surface area (Å²) in [6.07, 6.45) is 14.2. The summed E-state index contributed by atoms with van der Waals surface area (Å²) in [7, 11) is 0. The van der Waals surface area contributed by atoms with Gasteiger partial charge in [0.05, 0.1) is 36.6 Å². The van der Waals surface area contributed by atoms with E-state index in [9.17, 15) is 18.4 Å². The zero-order chi connectivity index (χ0) is 100. The number of hydrogen-bond donors (Lipinski definition) is 0. The molecular formula is C123H179F2N5O15S5. The molecule has 4 fully saturated rings. The Morgan fingerprint density at radius 2 is 0.587 bits per heavy atom. The Labute approximate surface area is 917 Å². The second kappa shape index (κ2) is 69.7. The number of thioether (sulfide) groups is 5. The van der Waals surface area contributed by atoms with E-state index in [2.05, 4.69) is 321 Å². The fourth-order valence-electron chi connectivity index (χ4n) is 17.9. The summed E-state index contributed by atoms with van der Waals surface area (Å²) in [5.74, 6) is 5.92. The summed E-state index contributed by atoms with van der Waals surface area (Å²) in [5, 5.41) is 1.99. The standard InChI is InChI=1S/C26H37NOS.C26H28OS.C24H31F2NOS.C24H31NOS.C23H32N2OS.10H2O/c1-18(2)29-17-24-10-7-23(8-11-24)9-12-25-13-19(3)26(20(4)14-25)27-15-21(5)28-22(6)16-27;1-26(2,3)28-19-22-13-11-20(12-14-22)9-10-21-15-17-24(18-16-21)25(27)23-7-5-4-6-8-23;1-16(2)29-15-20-8-5-19(6-9-20)7-10-21-11-22(25)24(23(26)12-21)27-13-17(3)28-18(4)14-27;1-24(2,3)27-18-21-8-6-19(7-9-21)4-5-20-10-12-22(13-11-20)25-16-14-23(26)15-17-25;1-17(2)27-16-22-9-6-20(7-10-22)5-8-21-11-12-23(24-13-21)25-14-18(3)26-19(4)15-25;;;;;;;;;;/h7-8,10-11,13-14,18,21-22H,9,12,15-17H2,1-6H3;4-8,11-18H,9-10,19H2,1-3H3;5-6,8-9,11-12,16-18H,7,10,13-15H2,1-4H3;6-13H,4-5,14-18H2,1-3H3;6-7,9-13,17-19H,5,8,14-16H2,1-4H3;10*1H2/t21-,22+;;17-,18+;;18-,19+;;;;;;;;;;. The number of pyridine rings is 1. The van der Waals surface area contributed by atoms with E-state index in [0.29, 0.717) is 81.2 Å². The third-order valence-electron chi connectivity index (χ3n) is 25.2. The highest BCUT2D eigenvalue weighted by molar-refractivity contribution is 8.00. The molecule has 0 bridgehead atoms. The first-order chi connectivity index (χ1) is 66.9. The monoisotopic (exact) mass is 2160 g/mol. The minimum Gasteiger partial charge on any atom is -0.412 e. The average molecular weight is 2170 g/mol. The van der Waals surface area contributed by atoms with Crippen LogP contribution in [-0.2, 0) is 112 Å². The molecule has 20 N–H and O–H groups in total. The third-order valence-corrected chi connectivity index (χ3v) is 31.4. The Balaban J connectivity index is 0.000000922. The van der Waals surface area contributed by atoms with E-state index in [1.54, 1.807) is 4.90 Å². The minimum absolute atomic E-state index is 0. The number of piperidine rings is 1. The number of anilines is 4. The quantitative estimate of drug-likeness (QED) is 0.0338. The van der Waals surface area contributed by atoms with Crippen LogP contribution in [0.15, 0.2) is 243 Å². The lowest BCUT2D eigenvalue weighted by atomic mass is 9.97. The first-order valence-electron chi connectivity index (χ1n) is 51.2. The molecule has 0 radical (unpaired) electrons. The Kier molecular flexibility index (Phi) is 64.6. The summed E-state index contributed by atoms with van der Waals surface area (Å²) in [5.41, 5.74) is 26.8. The number of halogens is 2. The van der Waals surface area contributed by atoms with Crippen LogP contribution in [0, 0.1) is 25.5 Å². The molecule has 4 aliphatic rings. The van der Waals surface area contributed by atoms with Crippen molar-refractivity contribution < 1.29 is 87.3 Å². The fraction of sp³-hybridized carbons (Fsp3) is 0.455. The van der Waals surface area contributed by atoms with E-state index in [-0.39, 0.29) is 90.6 Å². The van der Waals surface area contributed by atoms with Gasteiger partial charge in [0.15, 0.2) is 5.78 Å². The Bertz CT molecular complexity index is 5360. The number of aromatic nitrogens is 1. The van der Waals surface area contributed by atoms with Crippen LogP contribution in [-0.4, -0.2) is 186 Å². The topological polar surface area (TPSA) is 403 Å². The van der Waals surface area contributed by atoms with Crippen LogP contribution in [0.4, 0.5) is 31.7 Å². The van der Waals surface area contributed by atoms with Gasteiger partial charge in [0.2, 0.25) is 0 Å². The van der Waals surface area contributed by atoms with Gasteiger partial charge in [0, 0.05) is 132 Å². The predicted molar refractivity (Wildman–Crippen MR) is 639 cm³/mol. The lowest BCUT2D eigenvalue weighted by molar-refractivity contribution is -0.119. The van der Waals surface area contributed by atoms with E-state index in [0.717, 1.165) is 143 Å². The van der Waals surface area contributed by atoms with Crippen molar-refractivity contribution in [3.8, 4) is 0 Å². The number of carbonyl (C=O) groups is 2. The van der Waals surface area contributed by atoms with Crippen LogP contribution in [0.25, 0.3) is 0 Å². The van der Waals surface area contributed by atoms with Crippen molar-refractivity contribution in [3.05, 3.63) is 360 Å². The lowest BCUT2D eigenvalue weighted by Gasteiger charge is -2.38. The molecule has 4 aliphatic heterocycles. The molecule has 0 saturated carbocycles. The number of rotatable bonds is 34. The predicted octanol–water partition coefficient (Wildman–Crippen LogP) is 21.6. The maximum Gasteiger partial charge on any atom is 0.193 e. The molecule has 27 heteroatoms. The van der Waals surface area contributed by atoms with Crippen molar-refractivity contribution in [1.82, 2.24) is 4.98 Å². The first-order valence-corrected chi connectivity index (χ1v) is 56.3. The molecule has 11 aromatic rings. The van der Waals surface area contributed by atoms with Gasteiger partial charge in [-0.15, -0.1) is 0 Å². The number of ketones is 2. The van der Waals surface area contributed by atoms with Crippen molar-refractivity contribution in [1.29, 1.82) is 0 Å². The number of Topliss-reactive ketones (excluding diaryl/α,β-unsaturated/α-hetero) is 1. The minimum atomic E-state index is -0.484. The van der Waals surface area contributed by atoms with E-state index in [1.165, 1.54) is 113 Å². The van der Waals surface area contributed by atoms with Crippen molar-refractivity contribution in [3.63, 3.8) is 0 Å². The molecule has 0 amide bonds. The van der Waals surface area contributed by atoms with Gasteiger partial charge in [0.1, 0.15) is 28.9 Å². The number of aryl methyl sites for hydroxylation is 12. The maximum absolute atomic E-state index is 14.8. The molecule has 0 aliphatic carbocycles. The molecule has 0 unspecified atom stereocenters. The molecule has 0 spiro atoms. The maximum atomic E-state index is 14.8. The van der Waals surface area contributed by atoms with E-state index < -0.39 is 11.6 Å². The highest BCUT2D eigenvalue weighted by atomic mass is 32.2. The SMILES string of the molecule is CC(C)(C)SCc1ccc(CCc2ccc(C(=O)c3ccccc3)cc2)cc1.CC(C)(C)SCc1ccc(CCc2ccc(N3CCC(=O)CC3)cc2)cc1.CC(C)SCc1ccc(CCc2cc(F)c(N3C[C@@H](C)O[C@@H](C)C3)c(F)c2)cc1.CC(C)SCc1ccc(CCc2ccc(N3C[C@@H](C)O[C@@H](C)C3)nc2)cc1.Cc1cc(CCc2ccc(CSC(C)C)cc2)cc(C)c1N1C[C@@H](C)O[C@@H](C)C1.O.O.O.O.O.O.O.O.O.O. The van der Waals surface area contributed by atoms with Crippen LogP contribution >= 0.6 is 58.8 Å². The zero-order valence-electron chi connectivity index (χ0n) is 92.5. The van der Waals surface area contributed by atoms with Gasteiger partial charge in [-0.2, -0.15) is 58.8 Å². The molecule has 6 atom stereocenters. The van der Waals surface area contributed by atoms with E-state index >= 15 is 0 Å². The number of nitrogens with zero attached hydrogens (tertiary/aromatic N) is 5. The van der Waals surface area contributed by atoms with Crippen molar-refractivity contribution in [2.24, 2.45) is 0 Å². The molecule has 20 nitrogen and oxygen atoms in total. The average Bonchev–Trinajstić information content (AvgIpc) is 0.802. The molecule has 5 heterocycles. The van der Waals surface area contributed by atoms with Gasteiger partial charge in [-0.3, -0.25) is 9.59 Å². The molecular weight excluding hydrogens is 1990 g/mol. The second-order valence-electron chi connectivity index (χ2n) is 41.5. The molecule has 4 saturated heterocycles. The van der Waals surface area contributed by atoms with Gasteiger partial charge >= 0.3 is 0 Å². The van der Waals surface area contributed by atoms with Crippen molar-refractivity contribution in [2.75, 3.05) is 72.0 Å². The highest BCUT2D eigenvalue weighted by Crippen LogP contribution is 2.35. The Morgan fingerprint density at radius 3 is 0.893 bits per heavy atom. The molecule has 830 valence electrons. The van der Waals surface area contributed by atoms with E-state index in [1.807, 2.05) is 121 Å². The van der Waals surface area contributed by atoms with E-state index in [4.69, 9.17) is 19.2 Å². The van der Waals surface area contributed by atoms with Gasteiger partial charge < -0.3 is 88.6 Å². The van der Waals surface area contributed by atoms with Crippen molar-refractivity contribution >= 4 is 93.3 Å². The first kappa shape index (κ1) is 139. The number of carbonyl (C=O) groups excluding carboxylic acids is 2. The normalized spacial score (nSPS) is 16.2. The third kappa shape index (κ3) is 48.7.